The number of hydrogen-bond donors (Lipinski definition) is 2. The normalized spacial score (nSPS) is 18.1. The predicted molar refractivity (Wildman–Crippen MR) is 137 cm³/mol. The van der Waals surface area contributed by atoms with E-state index >= 15 is 0 Å². The Morgan fingerprint density at radius 2 is 1.71 bits per heavy atom. The molecule has 2 aromatic rings. The van der Waals surface area contributed by atoms with Gasteiger partial charge in [0, 0.05) is 18.5 Å². The fourth-order valence-corrected chi connectivity index (χ4v) is 5.09. The summed E-state index contributed by atoms with van der Waals surface area (Å²) in [6, 6.07) is 17.4. The van der Waals surface area contributed by atoms with Gasteiger partial charge in [-0.3, -0.25) is 4.79 Å². The summed E-state index contributed by atoms with van der Waals surface area (Å²) in [6.45, 7) is 6.67. The van der Waals surface area contributed by atoms with E-state index < -0.39 is 23.8 Å². The van der Waals surface area contributed by atoms with Gasteiger partial charge in [-0.25, -0.2) is 4.79 Å². The Labute approximate surface area is 208 Å². The second kappa shape index (κ2) is 10.2. The van der Waals surface area contributed by atoms with Crippen molar-refractivity contribution in [2.24, 2.45) is 0 Å². The molecule has 6 nitrogen and oxygen atoms in total. The first-order chi connectivity index (χ1) is 16.7. The van der Waals surface area contributed by atoms with Crippen LogP contribution in [0.15, 0.2) is 60.7 Å². The number of allylic oxidation sites excluding steroid dienone is 1. The van der Waals surface area contributed by atoms with Crippen LogP contribution >= 0.6 is 0 Å². The molecule has 186 valence electrons. The Morgan fingerprint density at radius 1 is 1.06 bits per heavy atom. The van der Waals surface area contributed by atoms with Crippen molar-refractivity contribution in [3.05, 3.63) is 77.4 Å². The van der Waals surface area contributed by atoms with Gasteiger partial charge in [-0.05, 0) is 56.7 Å². The minimum atomic E-state index is -1.03. The number of nitrogens with zero attached hydrogens (tertiary/aromatic N) is 1. The van der Waals surface area contributed by atoms with Crippen LogP contribution in [0.1, 0.15) is 56.7 Å². The summed E-state index contributed by atoms with van der Waals surface area (Å²) in [7, 11) is 0. The highest BCUT2D eigenvalue weighted by atomic mass is 16.6. The number of benzene rings is 2. The first kappa shape index (κ1) is 25.0. The number of piperidine rings is 1. The number of aliphatic hydroxyl groups excluding tert-OH is 1. The van der Waals surface area contributed by atoms with E-state index in [1.807, 2.05) is 35.2 Å². The van der Waals surface area contributed by atoms with Crippen LogP contribution in [-0.4, -0.2) is 52.8 Å². The van der Waals surface area contributed by atoms with Gasteiger partial charge in [-0.2, -0.15) is 0 Å². The summed E-state index contributed by atoms with van der Waals surface area (Å²) in [5, 5.41) is 13.8. The number of amides is 2. The lowest BCUT2D eigenvalue weighted by atomic mass is 9.74. The number of ether oxygens (including phenoxy) is 1. The number of carbonyl (C=O) groups excluding carboxylic acids is 2. The maximum atomic E-state index is 13.1. The van der Waals surface area contributed by atoms with E-state index in [9.17, 15) is 14.7 Å². The fraction of sp³-hybridized carbons (Fsp3) is 0.448. The second-order valence-corrected chi connectivity index (χ2v) is 10.7. The van der Waals surface area contributed by atoms with E-state index in [1.54, 1.807) is 20.8 Å². The third-order valence-corrected chi connectivity index (χ3v) is 6.94. The average molecular weight is 477 g/mol. The molecule has 0 saturated carbocycles. The highest BCUT2D eigenvalue weighted by Crippen LogP contribution is 2.43. The van der Waals surface area contributed by atoms with Gasteiger partial charge < -0.3 is 20.1 Å². The van der Waals surface area contributed by atoms with Crippen LogP contribution in [0.2, 0.25) is 0 Å². The lowest BCUT2D eigenvalue weighted by Crippen LogP contribution is -2.50. The maximum Gasteiger partial charge on any atom is 0.407 e. The average Bonchev–Trinajstić information content (AvgIpc) is 3.16. The third-order valence-electron chi connectivity index (χ3n) is 6.94. The zero-order chi connectivity index (χ0) is 25.1. The Bertz CT molecular complexity index is 1070. The van der Waals surface area contributed by atoms with Crippen molar-refractivity contribution in [1.29, 1.82) is 0 Å². The summed E-state index contributed by atoms with van der Waals surface area (Å²) in [5.74, 6) is -0.0911. The number of hydrogen-bond acceptors (Lipinski definition) is 4. The van der Waals surface area contributed by atoms with Gasteiger partial charge in [-0.15, -0.1) is 0 Å². The molecule has 1 spiro atoms. The summed E-state index contributed by atoms with van der Waals surface area (Å²) >= 11 is 0. The highest BCUT2D eigenvalue weighted by Gasteiger charge is 2.39. The number of aliphatic hydroxyl groups is 1. The minimum absolute atomic E-state index is 0.000103. The largest absolute Gasteiger partial charge is 0.444 e. The van der Waals surface area contributed by atoms with Gasteiger partial charge in [0.2, 0.25) is 5.91 Å². The van der Waals surface area contributed by atoms with E-state index in [1.165, 1.54) is 11.1 Å². The number of carbonyl (C=O) groups is 2. The molecule has 2 atom stereocenters. The van der Waals surface area contributed by atoms with E-state index in [0.29, 0.717) is 19.5 Å². The molecule has 1 aliphatic heterocycles. The topological polar surface area (TPSA) is 78.9 Å². The smallest absolute Gasteiger partial charge is 0.407 e. The molecule has 1 heterocycles. The SMILES string of the molecule is CC(C)(C)OC(=O)N[C@@H](Cc1ccccc1)[C@@H](O)CC(=O)N1CCC2(C=Cc3ccccc32)CC1. The first-order valence-electron chi connectivity index (χ1n) is 12.4. The van der Waals surface area contributed by atoms with Crippen molar-refractivity contribution >= 4 is 18.1 Å². The van der Waals surface area contributed by atoms with Crippen LogP contribution in [0, 0.1) is 0 Å². The van der Waals surface area contributed by atoms with Gasteiger partial charge in [0.05, 0.1) is 18.6 Å². The summed E-state index contributed by atoms with van der Waals surface area (Å²) in [4.78, 5) is 27.4. The van der Waals surface area contributed by atoms with Crippen LogP contribution in [0.25, 0.3) is 6.08 Å². The van der Waals surface area contributed by atoms with Crippen molar-refractivity contribution in [1.82, 2.24) is 10.2 Å². The Kier molecular flexibility index (Phi) is 7.31. The molecule has 6 heteroatoms. The Hall–Kier alpha value is -3.12. The molecule has 2 aromatic carbocycles. The van der Waals surface area contributed by atoms with Crippen LogP contribution in [0.4, 0.5) is 4.79 Å². The predicted octanol–water partition coefficient (Wildman–Crippen LogP) is 4.46. The standard InChI is InChI=1S/C29H36N2O4/c1-28(2,3)35-27(34)30-24(19-21-9-5-4-6-10-21)25(32)20-26(33)31-17-15-29(16-18-31)14-13-22-11-7-8-12-23(22)29/h4-14,24-25,32H,15-20H2,1-3H3,(H,30,34)/t24-,25-/m0/s1. The number of nitrogens with one attached hydrogen (secondary N) is 1. The fourth-order valence-electron chi connectivity index (χ4n) is 5.09. The number of fused-ring (bicyclic) bond motifs is 2. The number of likely N-dealkylation sites (tertiary alicyclic amines) is 1. The second-order valence-electron chi connectivity index (χ2n) is 10.7. The van der Waals surface area contributed by atoms with Crippen LogP contribution in [0.5, 0.6) is 0 Å². The maximum absolute atomic E-state index is 13.1. The molecular weight excluding hydrogens is 440 g/mol. The number of rotatable bonds is 6. The lowest BCUT2D eigenvalue weighted by Gasteiger charge is -2.39. The molecule has 2 amide bonds. The van der Waals surface area contributed by atoms with Crippen molar-refractivity contribution in [2.75, 3.05) is 13.1 Å². The Morgan fingerprint density at radius 3 is 2.40 bits per heavy atom. The molecular formula is C29H36N2O4. The van der Waals surface area contributed by atoms with Crippen LogP contribution in [-0.2, 0) is 21.4 Å². The highest BCUT2D eigenvalue weighted by molar-refractivity contribution is 5.77. The molecule has 2 aliphatic rings. The molecule has 0 unspecified atom stereocenters. The third kappa shape index (κ3) is 6.12. The molecule has 2 N–H and O–H groups in total. The van der Waals surface area contributed by atoms with E-state index in [0.717, 1.165) is 18.4 Å². The first-order valence-corrected chi connectivity index (χ1v) is 12.4. The molecule has 4 rings (SSSR count). The molecule has 0 bridgehead atoms. The van der Waals surface area contributed by atoms with E-state index in [4.69, 9.17) is 4.74 Å². The quantitative estimate of drug-likeness (QED) is 0.645. The Balaban J connectivity index is 1.38. The van der Waals surface area contributed by atoms with Crippen molar-refractivity contribution in [3.63, 3.8) is 0 Å². The van der Waals surface area contributed by atoms with Gasteiger partial charge >= 0.3 is 6.09 Å². The van der Waals surface area contributed by atoms with Gasteiger partial charge in [0.15, 0.2) is 0 Å². The van der Waals surface area contributed by atoms with E-state index in [-0.39, 0.29) is 17.7 Å². The van der Waals surface area contributed by atoms with Crippen LogP contribution < -0.4 is 5.32 Å². The summed E-state index contributed by atoms with van der Waals surface area (Å²) in [5.41, 5.74) is 2.92. The van der Waals surface area contributed by atoms with Gasteiger partial charge in [0.1, 0.15) is 5.60 Å². The molecule has 1 fully saturated rings. The lowest BCUT2D eigenvalue weighted by molar-refractivity contribution is -0.135. The minimum Gasteiger partial charge on any atom is -0.444 e. The van der Waals surface area contributed by atoms with Gasteiger partial charge in [0.25, 0.3) is 0 Å². The molecule has 35 heavy (non-hydrogen) atoms. The molecule has 0 radical (unpaired) electrons. The summed E-state index contributed by atoms with van der Waals surface area (Å²) < 4.78 is 5.40. The molecule has 1 saturated heterocycles. The molecule has 0 aromatic heterocycles. The van der Waals surface area contributed by atoms with Crippen molar-refractivity contribution < 1.29 is 19.4 Å². The van der Waals surface area contributed by atoms with Crippen molar-refractivity contribution in [3.8, 4) is 0 Å². The zero-order valence-corrected chi connectivity index (χ0v) is 20.9. The van der Waals surface area contributed by atoms with Crippen LogP contribution in [0.3, 0.4) is 0 Å². The molecule has 1 aliphatic carbocycles. The number of alkyl carbamates (subject to hydrolysis) is 1. The van der Waals surface area contributed by atoms with Gasteiger partial charge in [-0.1, -0.05) is 66.7 Å². The van der Waals surface area contributed by atoms with E-state index in [2.05, 4.69) is 41.7 Å². The van der Waals surface area contributed by atoms with Crippen molar-refractivity contribution in [2.45, 2.75) is 69.6 Å². The monoisotopic (exact) mass is 476 g/mol. The zero-order valence-electron chi connectivity index (χ0n) is 20.9. The summed E-state index contributed by atoms with van der Waals surface area (Å²) in [6.07, 6.45) is 4.93.